The van der Waals surface area contributed by atoms with Crippen LogP contribution in [0.3, 0.4) is 0 Å². The van der Waals surface area contributed by atoms with Gasteiger partial charge in [-0.05, 0) is 49.7 Å². The molecule has 0 unspecified atom stereocenters. The third kappa shape index (κ3) is 1.83. The zero-order valence-corrected chi connectivity index (χ0v) is 11.7. The molecular weight excluding hydrogens is 264 g/mol. The van der Waals surface area contributed by atoms with Crippen LogP contribution < -0.4 is 4.74 Å². The van der Waals surface area contributed by atoms with Gasteiger partial charge in [0.25, 0.3) is 0 Å². The molecule has 0 aliphatic heterocycles. The van der Waals surface area contributed by atoms with Crippen LogP contribution in [0.2, 0.25) is 5.02 Å². The van der Waals surface area contributed by atoms with Crippen molar-refractivity contribution in [1.29, 1.82) is 0 Å². The predicted octanol–water partition coefficient (Wildman–Crippen LogP) is 3.34. The van der Waals surface area contributed by atoms with Gasteiger partial charge in [0, 0.05) is 5.56 Å². The Kier molecular flexibility index (Phi) is 2.97. The van der Waals surface area contributed by atoms with E-state index in [0.29, 0.717) is 23.6 Å². The predicted molar refractivity (Wildman–Crippen MR) is 73.2 cm³/mol. The molecule has 1 aromatic carbocycles. The number of halogens is 1. The normalized spacial score (nSPS) is 19.7. The first kappa shape index (κ1) is 12.8. The minimum absolute atomic E-state index is 0.571. The zero-order chi connectivity index (χ0) is 13.6. The topological polar surface area (TPSA) is 46.5 Å². The molecule has 0 saturated heterocycles. The first-order chi connectivity index (χ1) is 9.10. The van der Waals surface area contributed by atoms with E-state index in [-0.39, 0.29) is 0 Å². The van der Waals surface area contributed by atoms with Crippen molar-refractivity contribution in [3.8, 4) is 5.75 Å². The minimum Gasteiger partial charge on any atom is -0.495 e. The minimum atomic E-state index is -0.766. The van der Waals surface area contributed by atoms with Crippen molar-refractivity contribution in [2.24, 2.45) is 0 Å². The van der Waals surface area contributed by atoms with Crippen molar-refractivity contribution in [2.75, 3.05) is 7.11 Å². The monoisotopic (exact) mass is 280 g/mol. The fourth-order valence-electron chi connectivity index (χ4n) is 3.11. The Morgan fingerprint density at radius 2 is 2.05 bits per heavy atom. The molecule has 3 rings (SSSR count). The largest absolute Gasteiger partial charge is 0.495 e. The Morgan fingerprint density at radius 1 is 1.37 bits per heavy atom. The van der Waals surface area contributed by atoms with Crippen molar-refractivity contribution >= 4 is 17.6 Å². The summed E-state index contributed by atoms with van der Waals surface area (Å²) in [6.07, 6.45) is 5.59. The summed E-state index contributed by atoms with van der Waals surface area (Å²) in [6.45, 7) is 0. The van der Waals surface area contributed by atoms with Gasteiger partial charge in [0.1, 0.15) is 5.75 Å². The summed E-state index contributed by atoms with van der Waals surface area (Å²) in [4.78, 5) is 11.5. The number of aryl methyl sites for hydroxylation is 1. The van der Waals surface area contributed by atoms with Crippen LogP contribution in [0, 0.1) is 0 Å². The molecular formula is C15H17ClO3. The summed E-state index contributed by atoms with van der Waals surface area (Å²) in [5.74, 6) is -0.195. The lowest BCUT2D eigenvalue weighted by atomic mass is 9.85. The van der Waals surface area contributed by atoms with Gasteiger partial charge in [0.05, 0.1) is 17.5 Å². The SMILES string of the molecule is COc1c(C2(C(=O)O)CC2)cc2c(c1Cl)CCCC2. The van der Waals surface area contributed by atoms with Crippen LogP contribution in [-0.2, 0) is 23.1 Å². The average molecular weight is 281 g/mol. The molecule has 2 aliphatic carbocycles. The fraction of sp³-hybridized carbons (Fsp3) is 0.533. The lowest BCUT2D eigenvalue weighted by Crippen LogP contribution is -2.21. The van der Waals surface area contributed by atoms with Gasteiger partial charge in [0.15, 0.2) is 0 Å². The highest BCUT2D eigenvalue weighted by molar-refractivity contribution is 6.33. The zero-order valence-electron chi connectivity index (χ0n) is 11.0. The van der Waals surface area contributed by atoms with Crippen molar-refractivity contribution in [3.63, 3.8) is 0 Å². The van der Waals surface area contributed by atoms with E-state index in [1.807, 2.05) is 6.07 Å². The van der Waals surface area contributed by atoms with Crippen molar-refractivity contribution < 1.29 is 14.6 Å². The number of rotatable bonds is 3. The molecule has 0 atom stereocenters. The second-order valence-electron chi connectivity index (χ2n) is 5.50. The Labute approximate surface area is 117 Å². The molecule has 1 saturated carbocycles. The van der Waals surface area contributed by atoms with E-state index in [4.69, 9.17) is 16.3 Å². The third-order valence-corrected chi connectivity index (χ3v) is 4.82. The lowest BCUT2D eigenvalue weighted by Gasteiger charge is -2.24. The Morgan fingerprint density at radius 3 is 2.63 bits per heavy atom. The number of methoxy groups -OCH3 is 1. The van der Waals surface area contributed by atoms with Crippen LogP contribution in [-0.4, -0.2) is 18.2 Å². The van der Waals surface area contributed by atoms with Gasteiger partial charge in [-0.25, -0.2) is 0 Å². The van der Waals surface area contributed by atoms with E-state index in [1.165, 1.54) is 5.56 Å². The highest BCUT2D eigenvalue weighted by Crippen LogP contribution is 2.54. The molecule has 1 N–H and O–H groups in total. The summed E-state index contributed by atoms with van der Waals surface area (Å²) < 4.78 is 5.42. The van der Waals surface area contributed by atoms with Crippen LogP contribution in [0.1, 0.15) is 42.4 Å². The van der Waals surface area contributed by atoms with Gasteiger partial charge in [0.2, 0.25) is 0 Å². The van der Waals surface area contributed by atoms with Gasteiger partial charge in [-0.15, -0.1) is 0 Å². The number of aliphatic carboxylic acids is 1. The molecule has 2 aliphatic rings. The van der Waals surface area contributed by atoms with Gasteiger partial charge in [-0.3, -0.25) is 4.79 Å². The summed E-state index contributed by atoms with van der Waals surface area (Å²) in [6, 6.07) is 2.03. The highest BCUT2D eigenvalue weighted by atomic mass is 35.5. The highest BCUT2D eigenvalue weighted by Gasteiger charge is 2.54. The molecule has 3 nitrogen and oxygen atoms in total. The first-order valence-electron chi connectivity index (χ1n) is 6.72. The molecule has 102 valence electrons. The fourth-order valence-corrected chi connectivity index (χ4v) is 3.51. The molecule has 4 heteroatoms. The molecule has 1 aromatic rings. The summed E-state index contributed by atoms with van der Waals surface area (Å²) >= 11 is 6.45. The number of carboxylic acids is 1. The van der Waals surface area contributed by atoms with Crippen LogP contribution in [0.4, 0.5) is 0 Å². The van der Waals surface area contributed by atoms with E-state index in [9.17, 15) is 9.90 Å². The smallest absolute Gasteiger partial charge is 0.314 e. The van der Waals surface area contributed by atoms with Crippen LogP contribution in [0.15, 0.2) is 6.07 Å². The Balaban J connectivity index is 2.19. The summed E-state index contributed by atoms with van der Waals surface area (Å²) in [7, 11) is 1.57. The summed E-state index contributed by atoms with van der Waals surface area (Å²) in [5, 5.41) is 10.1. The molecule has 0 radical (unpaired) electrons. The number of hydrogen-bond acceptors (Lipinski definition) is 2. The standard InChI is InChI=1S/C15H17ClO3/c1-19-13-11(15(6-7-15)14(17)18)8-9-4-2-3-5-10(9)12(13)16/h8H,2-7H2,1H3,(H,17,18). The molecule has 0 amide bonds. The molecule has 19 heavy (non-hydrogen) atoms. The van der Waals surface area contributed by atoms with Crippen LogP contribution in [0.5, 0.6) is 5.75 Å². The second kappa shape index (κ2) is 4.41. The number of hydrogen-bond donors (Lipinski definition) is 1. The molecule has 0 aromatic heterocycles. The van der Waals surface area contributed by atoms with Crippen molar-refractivity contribution in [1.82, 2.24) is 0 Å². The van der Waals surface area contributed by atoms with Crippen molar-refractivity contribution in [2.45, 2.75) is 43.9 Å². The molecule has 0 spiro atoms. The lowest BCUT2D eigenvalue weighted by molar-refractivity contribution is -0.140. The van der Waals surface area contributed by atoms with E-state index in [2.05, 4.69) is 0 Å². The molecule has 0 heterocycles. The first-order valence-corrected chi connectivity index (χ1v) is 7.10. The Hall–Kier alpha value is -1.22. The van der Waals surface area contributed by atoms with E-state index in [0.717, 1.165) is 36.8 Å². The number of ether oxygens (including phenoxy) is 1. The van der Waals surface area contributed by atoms with Crippen molar-refractivity contribution in [3.05, 3.63) is 27.8 Å². The van der Waals surface area contributed by atoms with Gasteiger partial charge >= 0.3 is 5.97 Å². The second-order valence-corrected chi connectivity index (χ2v) is 5.88. The maximum absolute atomic E-state index is 11.5. The number of fused-ring (bicyclic) bond motifs is 1. The number of carbonyl (C=O) groups is 1. The van der Waals surface area contributed by atoms with E-state index >= 15 is 0 Å². The molecule has 0 bridgehead atoms. The van der Waals surface area contributed by atoms with Gasteiger partial charge in [-0.2, -0.15) is 0 Å². The quantitative estimate of drug-likeness (QED) is 0.924. The third-order valence-electron chi connectivity index (χ3n) is 4.42. The Bertz CT molecular complexity index is 547. The molecule has 1 fully saturated rings. The van der Waals surface area contributed by atoms with Crippen LogP contribution >= 0.6 is 11.6 Å². The maximum atomic E-state index is 11.5. The number of benzene rings is 1. The maximum Gasteiger partial charge on any atom is 0.314 e. The van der Waals surface area contributed by atoms with Crippen LogP contribution in [0.25, 0.3) is 0 Å². The van der Waals surface area contributed by atoms with Gasteiger partial charge < -0.3 is 9.84 Å². The summed E-state index contributed by atoms with van der Waals surface area (Å²) in [5.41, 5.74) is 2.36. The number of carboxylic acid groups (broad SMARTS) is 1. The average Bonchev–Trinajstić information content (AvgIpc) is 3.20. The van der Waals surface area contributed by atoms with E-state index in [1.54, 1.807) is 7.11 Å². The van der Waals surface area contributed by atoms with Gasteiger partial charge in [-0.1, -0.05) is 17.7 Å². The van der Waals surface area contributed by atoms with E-state index < -0.39 is 11.4 Å².